The topological polar surface area (TPSA) is 227 Å². The van der Waals surface area contributed by atoms with Crippen LogP contribution in [0.25, 0.3) is 11.0 Å². The summed E-state index contributed by atoms with van der Waals surface area (Å²) >= 11 is 0. The smallest absolute Gasteiger partial charge is 0.404 e. The first-order valence-corrected chi connectivity index (χ1v) is 27.1. The molecule has 0 spiro atoms. The van der Waals surface area contributed by atoms with Crippen LogP contribution in [0.2, 0.25) is 0 Å². The number of phenols is 1. The van der Waals surface area contributed by atoms with Gasteiger partial charge in [0.2, 0.25) is 17.9 Å². The summed E-state index contributed by atoms with van der Waals surface area (Å²) in [6, 6.07) is 22.9. The number of allylic oxidation sites excluding steroid dienone is 6. The molecular weight excluding hydrogens is 1020 g/mol. The minimum absolute atomic E-state index is 0.00756. The van der Waals surface area contributed by atoms with Crippen molar-refractivity contribution in [2.24, 2.45) is 5.73 Å². The summed E-state index contributed by atoms with van der Waals surface area (Å²) < 4.78 is 30.9. The van der Waals surface area contributed by atoms with Crippen molar-refractivity contribution in [1.82, 2.24) is 4.90 Å². The summed E-state index contributed by atoms with van der Waals surface area (Å²) in [7, 11) is 5.16. The molecule has 4 atom stereocenters. The van der Waals surface area contributed by atoms with Crippen molar-refractivity contribution in [2.45, 2.75) is 142 Å². The number of carbonyl (C=O) groups is 3. The van der Waals surface area contributed by atoms with Gasteiger partial charge in [-0.1, -0.05) is 68.0 Å². The number of para-hydroxylation sites is 2. The van der Waals surface area contributed by atoms with Gasteiger partial charge in [0.05, 0.1) is 16.4 Å². The van der Waals surface area contributed by atoms with E-state index >= 15 is 0 Å². The minimum Gasteiger partial charge on any atom is -0.507 e. The number of aliphatic hydroxyl groups excluding tert-OH is 1. The third-order valence-electron chi connectivity index (χ3n) is 15.9. The van der Waals surface area contributed by atoms with E-state index in [1.165, 1.54) is 70.2 Å². The number of benzene rings is 4. The molecule has 4 aromatic carbocycles. The predicted molar refractivity (Wildman–Crippen MR) is 308 cm³/mol. The van der Waals surface area contributed by atoms with Crippen molar-refractivity contribution < 1.29 is 57.6 Å². The highest BCUT2D eigenvalue weighted by molar-refractivity contribution is 6.07. The van der Waals surface area contributed by atoms with Crippen LogP contribution in [-0.2, 0) is 42.8 Å². The number of primary amides is 1. The summed E-state index contributed by atoms with van der Waals surface area (Å²) in [5, 5.41) is 36.8. The van der Waals surface area contributed by atoms with Gasteiger partial charge in [-0.25, -0.2) is 9.59 Å². The monoisotopic (exact) mass is 1090 g/mol. The Morgan fingerprint density at radius 1 is 0.912 bits per heavy atom. The van der Waals surface area contributed by atoms with Crippen LogP contribution in [0.4, 0.5) is 21.9 Å². The molecule has 0 unspecified atom stereocenters. The number of aryl methyl sites for hydroxylation is 1. The maximum Gasteiger partial charge on any atom is 0.404 e. The van der Waals surface area contributed by atoms with E-state index in [0.717, 1.165) is 25.0 Å². The fraction of sp³-hybridized carbons (Fsp3) is 0.413. The Kier molecular flexibility index (Phi) is 16.9. The number of amides is 3. The number of ether oxygens (including phenoxy) is 4. The molecule has 1 aromatic heterocycles. The van der Waals surface area contributed by atoms with Crippen LogP contribution < -0.4 is 26.3 Å². The van der Waals surface area contributed by atoms with Crippen LogP contribution in [0, 0.1) is 6.92 Å². The van der Waals surface area contributed by atoms with Crippen LogP contribution in [0.15, 0.2) is 118 Å². The van der Waals surface area contributed by atoms with Crippen LogP contribution in [-0.4, -0.2) is 106 Å². The van der Waals surface area contributed by atoms with Crippen molar-refractivity contribution in [3.63, 3.8) is 0 Å². The first-order valence-electron chi connectivity index (χ1n) is 27.1. The minimum atomic E-state index is -1.56. The summed E-state index contributed by atoms with van der Waals surface area (Å²) in [5.41, 5.74) is 11.6. The highest BCUT2D eigenvalue weighted by atomic mass is 16.7. The quantitative estimate of drug-likeness (QED) is 0.0239. The highest BCUT2D eigenvalue weighted by Gasteiger charge is 2.53. The van der Waals surface area contributed by atoms with Gasteiger partial charge >= 0.3 is 11.7 Å². The lowest BCUT2D eigenvalue weighted by Gasteiger charge is -2.47. The molecule has 0 saturated carbocycles. The number of phenolic OH excluding ortho intramolecular Hbond substituents is 1. The number of nitrogens with zero attached hydrogens (tertiary/aromatic N) is 3. The number of aliphatic hydroxyl groups is 1. The van der Waals surface area contributed by atoms with Gasteiger partial charge in [0, 0.05) is 91.8 Å². The van der Waals surface area contributed by atoms with Crippen LogP contribution in [0.5, 0.6) is 17.2 Å². The average molecular weight is 1100 g/mol. The molecule has 6 N–H and O–H groups in total. The predicted octanol–water partition coefficient (Wildman–Crippen LogP) is 10.1. The molecule has 424 valence electrons. The van der Waals surface area contributed by atoms with E-state index in [2.05, 4.69) is 116 Å². The number of unbranched alkanes of at least 4 members (excludes halogenated alkanes) is 2. The van der Waals surface area contributed by atoms with Crippen molar-refractivity contribution in [3.05, 3.63) is 152 Å². The number of hydrogen-bond donors (Lipinski definition) is 5. The summed E-state index contributed by atoms with van der Waals surface area (Å²) in [6.07, 6.45) is 5.13. The standard InChI is InChI=1S/C63H75N5O12/c1-36(2)28-29-38-33-39(57(73)65-50-52(71)41-30-31-46(37(3)54(41)78-58(50)74)77-59-53(72)55(79-60(64)75)56(76-12)63(8,9)80-59)34-40(51(38)70)35-66(10)49(69)27-14-13-19-32-68-45-24-18-16-22-43(45)62(6,7)48(68)26-20-25-47-61(4,5)42-21-15-17-23-44(42)67(47)11/h15-18,20-26,28,30-31,33-34,53,55-56,59,72H,13-14,19,27,29,32,35H2,1-12H3,(H4-,64,65,70,71,73,74,75)/p+1/t53-,55+,56-,59-/m1/s1. The molecule has 0 radical (unpaired) electrons. The Morgan fingerprint density at radius 2 is 1.60 bits per heavy atom. The van der Waals surface area contributed by atoms with E-state index in [1.54, 1.807) is 27.8 Å². The summed E-state index contributed by atoms with van der Waals surface area (Å²) in [5.74, 6) is -1.46. The Hall–Kier alpha value is -7.73. The number of anilines is 2. The van der Waals surface area contributed by atoms with Crippen molar-refractivity contribution in [2.75, 3.05) is 38.0 Å². The number of rotatable bonds is 18. The lowest BCUT2D eigenvalue weighted by Crippen LogP contribution is -2.65. The SMILES string of the molecule is CO[C@@H]1[C@@H](OC(N)=O)[C@@H](O)[C@H](Oc2ccc3c(O)c(NC(=O)c4cc(CC=C(C)C)c(O)c(CN(C)C(=O)CCCCC[N+]5=C(/C=C/C=C6/N(C)c7ccccc7C6(C)C)C(C)(C)c6ccccc65)c4)c(=O)oc3c2C)OC1(C)C. The number of aromatic hydroxyl groups is 2. The van der Waals surface area contributed by atoms with Gasteiger partial charge in [-0.2, -0.15) is 4.58 Å². The molecule has 0 aliphatic carbocycles. The fourth-order valence-corrected chi connectivity index (χ4v) is 11.5. The Morgan fingerprint density at radius 3 is 2.29 bits per heavy atom. The van der Waals surface area contributed by atoms with E-state index < -0.39 is 59.3 Å². The van der Waals surface area contributed by atoms with Gasteiger partial charge in [0.1, 0.15) is 29.7 Å². The molecular formula is C63H76N5O12+. The third kappa shape index (κ3) is 11.5. The first-order chi connectivity index (χ1) is 37.8. The van der Waals surface area contributed by atoms with E-state index in [9.17, 15) is 34.5 Å². The molecule has 5 aromatic rings. The van der Waals surface area contributed by atoms with Gasteiger partial charge in [0.25, 0.3) is 5.91 Å². The van der Waals surface area contributed by atoms with E-state index in [1.807, 2.05) is 19.9 Å². The molecule has 3 aliphatic heterocycles. The first kappa shape index (κ1) is 58.4. The number of nitrogens with two attached hydrogens (primary N) is 1. The van der Waals surface area contributed by atoms with Crippen molar-refractivity contribution in [3.8, 4) is 17.2 Å². The Labute approximate surface area is 467 Å². The largest absolute Gasteiger partial charge is 0.507 e. The van der Waals surface area contributed by atoms with Crippen LogP contribution >= 0.6 is 0 Å². The zero-order chi connectivity index (χ0) is 58.2. The van der Waals surface area contributed by atoms with Gasteiger partial charge in [0.15, 0.2) is 29.4 Å². The van der Waals surface area contributed by atoms with Crippen molar-refractivity contribution >= 4 is 51.7 Å². The molecule has 3 aliphatic rings. The average Bonchev–Trinajstić information content (AvgIpc) is 3.78. The zero-order valence-electron chi connectivity index (χ0n) is 47.9. The second kappa shape index (κ2) is 23.2. The lowest BCUT2D eigenvalue weighted by atomic mass is 9.81. The highest BCUT2D eigenvalue weighted by Crippen LogP contribution is 2.47. The summed E-state index contributed by atoms with van der Waals surface area (Å²) in [6.45, 7) is 18.5. The second-order valence-electron chi connectivity index (χ2n) is 22.9. The molecule has 17 nitrogen and oxygen atoms in total. The lowest BCUT2D eigenvalue weighted by molar-refractivity contribution is -0.438. The molecule has 1 saturated heterocycles. The molecule has 0 bridgehead atoms. The number of hydrogen-bond acceptors (Lipinski definition) is 13. The molecule has 3 amide bonds. The van der Waals surface area contributed by atoms with E-state index in [0.29, 0.717) is 17.5 Å². The number of carbonyl (C=O) groups excluding carboxylic acids is 3. The van der Waals surface area contributed by atoms with Gasteiger partial charge in [-0.15, -0.1) is 0 Å². The van der Waals surface area contributed by atoms with E-state index in [4.69, 9.17) is 29.1 Å². The van der Waals surface area contributed by atoms with Crippen LogP contribution in [0.1, 0.15) is 119 Å². The number of methoxy groups -OCH3 is 1. The molecule has 8 rings (SSSR count). The van der Waals surface area contributed by atoms with Gasteiger partial charge in [-0.3, -0.25) is 9.59 Å². The van der Waals surface area contributed by atoms with Gasteiger partial charge < -0.3 is 59.5 Å². The van der Waals surface area contributed by atoms with Crippen LogP contribution in [0.3, 0.4) is 0 Å². The number of likely N-dealkylation sites (N-methyl/N-ethyl adjacent to an activating group) is 1. The second-order valence-corrected chi connectivity index (χ2v) is 22.9. The Bertz CT molecular complexity index is 3420. The normalized spacial score (nSPS) is 20.2. The number of fused-ring (bicyclic) bond motifs is 3. The van der Waals surface area contributed by atoms with Gasteiger partial charge in [-0.05, 0) is 115 Å². The molecule has 1 fully saturated rings. The fourth-order valence-electron chi connectivity index (χ4n) is 11.5. The maximum atomic E-state index is 14.1. The molecule has 4 heterocycles. The van der Waals surface area contributed by atoms with Crippen molar-refractivity contribution in [1.29, 1.82) is 0 Å². The Balaban J connectivity index is 0.940. The zero-order valence-corrected chi connectivity index (χ0v) is 47.9. The third-order valence-corrected chi connectivity index (χ3v) is 15.9. The summed E-state index contributed by atoms with van der Waals surface area (Å²) in [4.78, 5) is 57.0. The maximum absolute atomic E-state index is 14.1. The molecule has 17 heteroatoms. The van der Waals surface area contributed by atoms with E-state index in [-0.39, 0.29) is 69.7 Å². The number of nitrogens with one attached hydrogen (secondary N) is 1. The molecule has 80 heavy (non-hydrogen) atoms.